The highest BCUT2D eigenvalue weighted by Gasteiger charge is 2.19. The molecule has 2 aromatic carbocycles. The van der Waals surface area contributed by atoms with E-state index >= 15 is 0 Å². The molecule has 0 aliphatic heterocycles. The molecule has 0 unspecified atom stereocenters. The first-order chi connectivity index (χ1) is 15.2. The van der Waals surface area contributed by atoms with Crippen LogP contribution in [0.5, 0.6) is 0 Å². The summed E-state index contributed by atoms with van der Waals surface area (Å²) in [7, 11) is 0. The third-order valence-electron chi connectivity index (χ3n) is 6.44. The van der Waals surface area contributed by atoms with Gasteiger partial charge in [-0.05, 0) is 86.1 Å². The minimum atomic E-state index is 0.513. The third kappa shape index (κ3) is 4.05. The number of aromatic nitrogens is 2. The molecule has 0 radical (unpaired) electrons. The molecule has 2 heterocycles. The van der Waals surface area contributed by atoms with Crippen LogP contribution in [0.1, 0.15) is 53.1 Å². The summed E-state index contributed by atoms with van der Waals surface area (Å²) < 4.78 is 0. The summed E-state index contributed by atoms with van der Waals surface area (Å²) in [5, 5.41) is 7.21. The average molecular weight is 463 g/mol. The Labute approximate surface area is 198 Å². The van der Waals surface area contributed by atoms with E-state index in [0.29, 0.717) is 11.7 Å². The minimum Gasteiger partial charge on any atom is -0.382 e. The second kappa shape index (κ2) is 8.68. The number of hydrogen-bond acceptors (Lipinski definition) is 6. The molecule has 0 amide bonds. The second-order valence-electron chi connectivity index (χ2n) is 8.67. The van der Waals surface area contributed by atoms with Gasteiger partial charge in [-0.3, -0.25) is 0 Å². The summed E-state index contributed by atoms with van der Waals surface area (Å²) in [5.41, 5.74) is 17.5. The summed E-state index contributed by atoms with van der Waals surface area (Å²) in [4.78, 5) is 10.4. The fourth-order valence-electron chi connectivity index (χ4n) is 3.99. The molecular weight excluding hydrogens is 432 g/mol. The van der Waals surface area contributed by atoms with Crippen molar-refractivity contribution in [3.63, 3.8) is 0 Å². The molecule has 0 aliphatic rings. The van der Waals surface area contributed by atoms with Gasteiger partial charge in [-0.1, -0.05) is 37.3 Å². The highest BCUT2D eigenvalue weighted by molar-refractivity contribution is 7.23. The zero-order valence-electron chi connectivity index (χ0n) is 19.8. The standard InChI is InChI=1S/C26H30N4S2/c1-13(2)19-8-10-20(11-9-19)28-26-30-24(27)23(32-26)25-29-21(12-31-25)22-17(6)15(4)14(3)16(5)18(22)7/h8-13H,27H2,1-7H3,(H,28,30). The zero-order valence-corrected chi connectivity index (χ0v) is 21.4. The van der Waals surface area contributed by atoms with Gasteiger partial charge in [-0.15, -0.1) is 11.3 Å². The van der Waals surface area contributed by atoms with Crippen LogP contribution in [0.3, 0.4) is 0 Å². The molecule has 4 nitrogen and oxygen atoms in total. The first kappa shape index (κ1) is 22.5. The highest BCUT2D eigenvalue weighted by atomic mass is 32.1. The summed E-state index contributed by atoms with van der Waals surface area (Å²) in [6.45, 7) is 15.4. The number of nitrogens with one attached hydrogen (secondary N) is 1. The maximum absolute atomic E-state index is 6.29. The summed E-state index contributed by atoms with van der Waals surface area (Å²) in [5.74, 6) is 1.03. The van der Waals surface area contributed by atoms with Crippen LogP contribution >= 0.6 is 22.7 Å². The Hall–Kier alpha value is -2.70. The number of nitrogens with zero attached hydrogens (tertiary/aromatic N) is 2. The van der Waals surface area contributed by atoms with Crippen molar-refractivity contribution < 1.29 is 0 Å². The van der Waals surface area contributed by atoms with E-state index in [1.54, 1.807) is 22.7 Å². The smallest absolute Gasteiger partial charge is 0.189 e. The molecular formula is C26H30N4S2. The number of nitrogen functional groups attached to an aromatic ring is 1. The van der Waals surface area contributed by atoms with Crippen molar-refractivity contribution in [3.05, 3.63) is 63.0 Å². The minimum absolute atomic E-state index is 0.513. The van der Waals surface area contributed by atoms with Crippen molar-refractivity contribution in [2.75, 3.05) is 11.1 Å². The van der Waals surface area contributed by atoms with Gasteiger partial charge in [-0.2, -0.15) is 0 Å². The number of rotatable bonds is 5. The van der Waals surface area contributed by atoms with Crippen LogP contribution in [-0.2, 0) is 0 Å². The van der Waals surface area contributed by atoms with E-state index in [1.807, 2.05) is 0 Å². The lowest BCUT2D eigenvalue weighted by Gasteiger charge is -2.17. The lowest BCUT2D eigenvalue weighted by Crippen LogP contribution is -1.99. The molecule has 4 rings (SSSR count). The second-order valence-corrected chi connectivity index (χ2v) is 10.5. The Kier molecular flexibility index (Phi) is 6.10. The molecule has 6 heteroatoms. The van der Waals surface area contributed by atoms with E-state index in [0.717, 1.165) is 26.4 Å². The van der Waals surface area contributed by atoms with Crippen LogP contribution < -0.4 is 11.1 Å². The van der Waals surface area contributed by atoms with Crippen molar-refractivity contribution in [3.8, 4) is 21.1 Å². The molecule has 0 fully saturated rings. The van der Waals surface area contributed by atoms with E-state index in [1.165, 1.54) is 38.9 Å². The Bertz CT molecular complexity index is 1250. The molecule has 0 aliphatic carbocycles. The molecule has 0 saturated heterocycles. The van der Waals surface area contributed by atoms with Gasteiger partial charge < -0.3 is 11.1 Å². The fraction of sp³-hybridized carbons (Fsp3) is 0.308. The van der Waals surface area contributed by atoms with Gasteiger partial charge in [0.05, 0.1) is 5.69 Å². The molecule has 4 aromatic rings. The van der Waals surface area contributed by atoms with Crippen LogP contribution in [0.25, 0.3) is 21.1 Å². The lowest BCUT2D eigenvalue weighted by molar-refractivity contribution is 0.867. The molecule has 2 aromatic heterocycles. The van der Waals surface area contributed by atoms with E-state index in [-0.39, 0.29) is 0 Å². The Morgan fingerprint density at radius 3 is 2.03 bits per heavy atom. The van der Waals surface area contributed by atoms with E-state index < -0.39 is 0 Å². The van der Waals surface area contributed by atoms with Crippen LogP contribution in [0.4, 0.5) is 16.6 Å². The normalized spacial score (nSPS) is 11.4. The van der Waals surface area contributed by atoms with Gasteiger partial charge >= 0.3 is 0 Å². The van der Waals surface area contributed by atoms with E-state index in [9.17, 15) is 0 Å². The maximum Gasteiger partial charge on any atom is 0.189 e. The van der Waals surface area contributed by atoms with Crippen molar-refractivity contribution in [2.24, 2.45) is 0 Å². The number of hydrogen-bond donors (Lipinski definition) is 2. The molecule has 3 N–H and O–H groups in total. The first-order valence-electron chi connectivity index (χ1n) is 10.8. The quantitative estimate of drug-likeness (QED) is 0.316. The number of anilines is 3. The molecule has 0 saturated carbocycles. The number of benzene rings is 2. The summed E-state index contributed by atoms with van der Waals surface area (Å²) in [6, 6.07) is 8.46. The fourth-order valence-corrected chi connectivity index (χ4v) is 5.81. The lowest BCUT2D eigenvalue weighted by atomic mass is 9.88. The first-order valence-corrected chi connectivity index (χ1v) is 12.5. The zero-order chi connectivity index (χ0) is 23.2. The molecule has 32 heavy (non-hydrogen) atoms. The Balaban J connectivity index is 1.64. The number of thiazole rings is 2. The van der Waals surface area contributed by atoms with Gasteiger partial charge in [0.1, 0.15) is 15.7 Å². The van der Waals surface area contributed by atoms with E-state index in [4.69, 9.17) is 10.7 Å². The maximum atomic E-state index is 6.29. The topological polar surface area (TPSA) is 63.8 Å². The van der Waals surface area contributed by atoms with Crippen LogP contribution in [-0.4, -0.2) is 9.97 Å². The molecule has 0 bridgehead atoms. The van der Waals surface area contributed by atoms with Crippen molar-refractivity contribution in [1.29, 1.82) is 0 Å². The van der Waals surface area contributed by atoms with Gasteiger partial charge in [0, 0.05) is 16.6 Å². The predicted octanol–water partition coefficient (Wildman–Crippen LogP) is 7.92. The van der Waals surface area contributed by atoms with Crippen molar-refractivity contribution >= 4 is 39.3 Å². The summed E-state index contributed by atoms with van der Waals surface area (Å²) >= 11 is 3.17. The van der Waals surface area contributed by atoms with Gasteiger partial charge in [0.15, 0.2) is 5.13 Å². The average Bonchev–Trinajstić information content (AvgIpc) is 3.38. The van der Waals surface area contributed by atoms with Gasteiger partial charge in [-0.25, -0.2) is 9.97 Å². The monoisotopic (exact) mass is 462 g/mol. The van der Waals surface area contributed by atoms with E-state index in [2.05, 4.69) is 88.4 Å². The van der Waals surface area contributed by atoms with Crippen molar-refractivity contribution in [2.45, 2.75) is 54.4 Å². The SMILES string of the molecule is Cc1c(C)c(C)c(-c2csc(-c3sc(Nc4ccc(C(C)C)cc4)nc3N)n2)c(C)c1C. The van der Waals surface area contributed by atoms with Crippen molar-refractivity contribution in [1.82, 2.24) is 9.97 Å². The molecule has 0 atom stereocenters. The molecule has 0 spiro atoms. The van der Waals surface area contributed by atoms with Gasteiger partial charge in [0.2, 0.25) is 0 Å². The van der Waals surface area contributed by atoms with Crippen LogP contribution in [0.15, 0.2) is 29.6 Å². The van der Waals surface area contributed by atoms with Crippen LogP contribution in [0.2, 0.25) is 0 Å². The largest absolute Gasteiger partial charge is 0.382 e. The summed E-state index contributed by atoms with van der Waals surface area (Å²) in [6.07, 6.45) is 0. The molecule has 166 valence electrons. The number of nitrogens with two attached hydrogens (primary N) is 1. The highest BCUT2D eigenvalue weighted by Crippen LogP contribution is 2.41. The third-order valence-corrected chi connectivity index (χ3v) is 8.42. The van der Waals surface area contributed by atoms with Gasteiger partial charge in [0.25, 0.3) is 0 Å². The van der Waals surface area contributed by atoms with Crippen LogP contribution in [0, 0.1) is 34.6 Å². The Morgan fingerprint density at radius 1 is 0.844 bits per heavy atom. The Morgan fingerprint density at radius 2 is 1.44 bits per heavy atom. The predicted molar refractivity (Wildman–Crippen MR) is 141 cm³/mol.